The predicted molar refractivity (Wildman–Crippen MR) is 100.0 cm³/mol. The molecule has 0 aromatic carbocycles. The number of aromatic nitrogens is 4. The molecule has 0 spiro atoms. The highest BCUT2D eigenvalue weighted by Crippen LogP contribution is 2.41. The van der Waals surface area contributed by atoms with E-state index in [2.05, 4.69) is 39.0 Å². The summed E-state index contributed by atoms with van der Waals surface area (Å²) in [4.78, 5) is 20.3. The monoisotopic (exact) mass is 355 g/mol. The van der Waals surface area contributed by atoms with E-state index in [9.17, 15) is 0 Å². The molecular weight excluding hydrogens is 330 g/mol. The fraction of sp³-hybridized carbons (Fsp3) is 0.556. The van der Waals surface area contributed by atoms with Gasteiger partial charge in [-0.1, -0.05) is 13.8 Å². The number of rotatable bonds is 3. The van der Waals surface area contributed by atoms with Crippen LogP contribution < -0.4 is 16.0 Å². The van der Waals surface area contributed by atoms with E-state index in [1.807, 2.05) is 6.20 Å². The van der Waals surface area contributed by atoms with Gasteiger partial charge in [0.1, 0.15) is 5.82 Å². The minimum absolute atomic E-state index is 0.0642. The van der Waals surface area contributed by atoms with E-state index >= 15 is 0 Å². The summed E-state index contributed by atoms with van der Waals surface area (Å²) in [5, 5.41) is 3.42. The molecule has 3 heterocycles. The van der Waals surface area contributed by atoms with E-state index in [1.54, 1.807) is 12.3 Å². The van der Waals surface area contributed by atoms with E-state index in [1.165, 1.54) is 0 Å². The summed E-state index contributed by atoms with van der Waals surface area (Å²) < 4.78 is 5.43. The number of hydrogen-bond donors (Lipinski definition) is 2. The minimum Gasteiger partial charge on any atom is -0.384 e. The molecule has 4 rings (SSSR count). The highest BCUT2D eigenvalue weighted by molar-refractivity contribution is 5.42. The third-order valence-corrected chi connectivity index (χ3v) is 4.94. The average molecular weight is 355 g/mol. The molecule has 1 atom stereocenters. The van der Waals surface area contributed by atoms with Gasteiger partial charge in [0, 0.05) is 31.0 Å². The highest BCUT2D eigenvalue weighted by Gasteiger charge is 2.34. The molecule has 2 aliphatic rings. The standard InChI is InChI=1S/C18H25N7O/c1-18(2)9-13(22-16-20-4-3-15(19)24-16)12-11-21-17(23-14(12)10-18)25-5-7-26-8-6-25/h3-4,11,13H,5-10H2,1-2H3,(H3,19,20,22,24)/t13-/m1/s1. The average Bonchev–Trinajstić information content (AvgIpc) is 2.61. The van der Waals surface area contributed by atoms with Gasteiger partial charge in [0.25, 0.3) is 0 Å². The fourth-order valence-electron chi connectivity index (χ4n) is 3.68. The molecule has 138 valence electrons. The predicted octanol–water partition coefficient (Wildman–Crippen LogP) is 1.81. The molecule has 0 radical (unpaired) electrons. The summed E-state index contributed by atoms with van der Waals surface area (Å²) in [7, 11) is 0. The molecule has 0 unspecified atom stereocenters. The van der Waals surface area contributed by atoms with Crippen LogP contribution in [0.25, 0.3) is 0 Å². The fourth-order valence-corrected chi connectivity index (χ4v) is 3.68. The largest absolute Gasteiger partial charge is 0.384 e. The smallest absolute Gasteiger partial charge is 0.225 e. The second kappa shape index (κ2) is 6.68. The van der Waals surface area contributed by atoms with Gasteiger partial charge >= 0.3 is 0 Å². The van der Waals surface area contributed by atoms with Gasteiger partial charge in [-0.05, 0) is 24.3 Å². The van der Waals surface area contributed by atoms with Crippen LogP contribution in [0.1, 0.15) is 37.6 Å². The molecule has 1 aliphatic carbocycles. The maximum Gasteiger partial charge on any atom is 0.225 e. The number of ether oxygens (including phenoxy) is 1. The summed E-state index contributed by atoms with van der Waals surface area (Å²) in [6, 6.07) is 1.75. The lowest BCUT2D eigenvalue weighted by Crippen LogP contribution is -2.38. The number of nitrogens with zero attached hydrogens (tertiary/aromatic N) is 5. The van der Waals surface area contributed by atoms with Crippen molar-refractivity contribution in [1.82, 2.24) is 19.9 Å². The van der Waals surface area contributed by atoms with E-state index in [-0.39, 0.29) is 11.5 Å². The Balaban J connectivity index is 1.63. The Bertz CT molecular complexity index is 789. The summed E-state index contributed by atoms with van der Waals surface area (Å²) in [5.41, 5.74) is 8.12. The molecule has 2 aromatic heterocycles. The molecular formula is C18H25N7O. The first kappa shape index (κ1) is 17.0. The van der Waals surface area contributed by atoms with Crippen molar-refractivity contribution < 1.29 is 4.74 Å². The first-order valence-electron chi connectivity index (χ1n) is 9.04. The van der Waals surface area contributed by atoms with Gasteiger partial charge in [0.2, 0.25) is 11.9 Å². The lowest BCUT2D eigenvalue weighted by Gasteiger charge is -2.37. The van der Waals surface area contributed by atoms with Crippen molar-refractivity contribution in [3.63, 3.8) is 0 Å². The van der Waals surface area contributed by atoms with Crippen molar-refractivity contribution >= 4 is 17.7 Å². The zero-order valence-corrected chi connectivity index (χ0v) is 15.3. The van der Waals surface area contributed by atoms with Crippen LogP contribution in [0, 0.1) is 5.41 Å². The Hall–Kier alpha value is -2.48. The second-order valence-electron chi connectivity index (χ2n) is 7.72. The van der Waals surface area contributed by atoms with Crippen molar-refractivity contribution in [2.45, 2.75) is 32.7 Å². The third-order valence-electron chi connectivity index (χ3n) is 4.94. The molecule has 0 saturated carbocycles. The topological polar surface area (TPSA) is 102 Å². The maximum absolute atomic E-state index is 5.78. The van der Waals surface area contributed by atoms with Crippen molar-refractivity contribution in [2.24, 2.45) is 5.41 Å². The Morgan fingerprint density at radius 2 is 2.04 bits per heavy atom. The van der Waals surface area contributed by atoms with E-state index in [4.69, 9.17) is 15.5 Å². The van der Waals surface area contributed by atoms with Gasteiger partial charge < -0.3 is 20.7 Å². The van der Waals surface area contributed by atoms with Crippen molar-refractivity contribution in [3.05, 3.63) is 29.7 Å². The first-order valence-corrected chi connectivity index (χ1v) is 9.04. The van der Waals surface area contributed by atoms with Crippen LogP contribution >= 0.6 is 0 Å². The molecule has 26 heavy (non-hydrogen) atoms. The van der Waals surface area contributed by atoms with E-state index < -0.39 is 0 Å². The summed E-state index contributed by atoms with van der Waals surface area (Å²) in [6.07, 6.45) is 5.50. The molecule has 0 amide bonds. The molecule has 0 bridgehead atoms. The highest BCUT2D eigenvalue weighted by atomic mass is 16.5. The van der Waals surface area contributed by atoms with Crippen molar-refractivity contribution in [1.29, 1.82) is 0 Å². The molecule has 1 aliphatic heterocycles. The quantitative estimate of drug-likeness (QED) is 0.859. The van der Waals surface area contributed by atoms with Crippen molar-refractivity contribution in [3.8, 4) is 0 Å². The number of anilines is 3. The number of fused-ring (bicyclic) bond motifs is 1. The molecule has 8 nitrogen and oxygen atoms in total. The van der Waals surface area contributed by atoms with Gasteiger partial charge in [0.15, 0.2) is 0 Å². The molecule has 8 heteroatoms. The van der Waals surface area contributed by atoms with Crippen LogP contribution in [0.4, 0.5) is 17.7 Å². The van der Waals surface area contributed by atoms with Crippen LogP contribution in [0.3, 0.4) is 0 Å². The zero-order valence-electron chi connectivity index (χ0n) is 15.3. The molecule has 3 N–H and O–H groups in total. The number of morpholine rings is 1. The minimum atomic E-state index is 0.0642. The Morgan fingerprint density at radius 1 is 1.23 bits per heavy atom. The summed E-state index contributed by atoms with van der Waals surface area (Å²) >= 11 is 0. The number of hydrogen-bond acceptors (Lipinski definition) is 8. The van der Waals surface area contributed by atoms with Crippen molar-refractivity contribution in [2.75, 3.05) is 42.3 Å². The lowest BCUT2D eigenvalue weighted by atomic mass is 9.74. The van der Waals surface area contributed by atoms with Crippen LogP contribution in [0.15, 0.2) is 18.5 Å². The summed E-state index contributed by atoms with van der Waals surface area (Å²) in [6.45, 7) is 7.65. The van der Waals surface area contributed by atoms with Gasteiger partial charge in [-0.25, -0.2) is 15.0 Å². The van der Waals surface area contributed by atoms with Gasteiger partial charge in [-0.2, -0.15) is 4.98 Å². The first-order chi connectivity index (χ1) is 12.5. The number of nitrogen functional groups attached to an aromatic ring is 1. The summed E-state index contributed by atoms with van der Waals surface area (Å²) in [5.74, 6) is 1.79. The van der Waals surface area contributed by atoms with Gasteiger partial charge in [0.05, 0.1) is 24.9 Å². The van der Waals surface area contributed by atoms with Crippen LogP contribution in [-0.2, 0) is 11.2 Å². The van der Waals surface area contributed by atoms with E-state index in [0.717, 1.165) is 56.4 Å². The van der Waals surface area contributed by atoms with Crippen LogP contribution in [-0.4, -0.2) is 46.2 Å². The second-order valence-corrected chi connectivity index (χ2v) is 7.72. The molecule has 1 fully saturated rings. The number of nitrogens with two attached hydrogens (primary N) is 1. The number of nitrogens with one attached hydrogen (secondary N) is 1. The Kier molecular flexibility index (Phi) is 4.36. The van der Waals surface area contributed by atoms with Gasteiger partial charge in [-0.3, -0.25) is 0 Å². The van der Waals surface area contributed by atoms with Crippen LogP contribution in [0.2, 0.25) is 0 Å². The molecule has 1 saturated heterocycles. The zero-order chi connectivity index (χ0) is 18.1. The molecule has 2 aromatic rings. The Morgan fingerprint density at radius 3 is 2.81 bits per heavy atom. The maximum atomic E-state index is 5.78. The lowest BCUT2D eigenvalue weighted by molar-refractivity contribution is 0.122. The normalized spacial score (nSPS) is 21.9. The van der Waals surface area contributed by atoms with Crippen LogP contribution in [0.5, 0.6) is 0 Å². The van der Waals surface area contributed by atoms with Gasteiger partial charge in [-0.15, -0.1) is 0 Å². The SMILES string of the molecule is CC1(C)Cc2nc(N3CCOCC3)ncc2[C@H](Nc2nccc(N)n2)C1. The Labute approximate surface area is 153 Å². The van der Waals surface area contributed by atoms with E-state index in [0.29, 0.717) is 11.8 Å². The third kappa shape index (κ3) is 3.55.